The summed E-state index contributed by atoms with van der Waals surface area (Å²) in [5.74, 6) is -0.125. The Bertz CT molecular complexity index is 908. The molecule has 21 heavy (non-hydrogen) atoms. The summed E-state index contributed by atoms with van der Waals surface area (Å²) in [4.78, 5) is 15.7. The number of carbonyl (C=O) groups excluding carboxylic acids is 1. The molecule has 0 aliphatic rings. The average Bonchev–Trinajstić information content (AvgIpc) is 2.89. The van der Waals surface area contributed by atoms with Crippen molar-refractivity contribution in [1.29, 1.82) is 5.26 Å². The third kappa shape index (κ3) is 2.46. The minimum Gasteiger partial charge on any atom is -0.360 e. The van der Waals surface area contributed by atoms with Crippen LogP contribution in [0, 0.1) is 11.3 Å². The van der Waals surface area contributed by atoms with E-state index in [1.807, 2.05) is 0 Å². The van der Waals surface area contributed by atoms with Crippen LogP contribution in [-0.4, -0.2) is 10.8 Å². The van der Waals surface area contributed by atoms with Crippen LogP contribution in [0.1, 0.15) is 21.5 Å². The van der Waals surface area contributed by atoms with Crippen molar-refractivity contribution in [2.75, 3.05) is 0 Å². The fourth-order valence-corrected chi connectivity index (χ4v) is 3.06. The molecule has 102 valence electrons. The number of carbonyl (C=O) groups is 1. The van der Waals surface area contributed by atoms with Gasteiger partial charge in [-0.2, -0.15) is 5.26 Å². The normalized spacial score (nSPS) is 10.5. The number of halogens is 2. The van der Waals surface area contributed by atoms with Crippen LogP contribution in [0.5, 0.6) is 0 Å². The predicted molar refractivity (Wildman–Crippen MR) is 85.6 cm³/mol. The van der Waals surface area contributed by atoms with Gasteiger partial charge in [-0.3, -0.25) is 4.79 Å². The van der Waals surface area contributed by atoms with Crippen molar-refractivity contribution in [3.63, 3.8) is 0 Å². The molecule has 0 aliphatic carbocycles. The summed E-state index contributed by atoms with van der Waals surface area (Å²) in [6.07, 6.45) is 1.66. The van der Waals surface area contributed by atoms with Crippen LogP contribution in [0.4, 0.5) is 0 Å². The van der Waals surface area contributed by atoms with Crippen LogP contribution in [0.2, 0.25) is 5.02 Å². The molecule has 0 bridgehead atoms. The second kappa shape index (κ2) is 5.36. The van der Waals surface area contributed by atoms with Crippen LogP contribution >= 0.6 is 27.5 Å². The maximum atomic E-state index is 12.7. The number of hydrogen-bond acceptors (Lipinski definition) is 2. The van der Waals surface area contributed by atoms with E-state index in [-0.39, 0.29) is 5.78 Å². The number of ketones is 1. The van der Waals surface area contributed by atoms with Crippen molar-refractivity contribution in [3.05, 3.63) is 68.8 Å². The molecule has 1 aromatic heterocycles. The minimum atomic E-state index is -0.125. The maximum absolute atomic E-state index is 12.7. The zero-order valence-electron chi connectivity index (χ0n) is 10.7. The van der Waals surface area contributed by atoms with E-state index in [2.05, 4.69) is 27.0 Å². The number of nitriles is 1. The molecule has 2 aromatic carbocycles. The van der Waals surface area contributed by atoms with Crippen molar-refractivity contribution < 1.29 is 4.79 Å². The lowest BCUT2D eigenvalue weighted by molar-refractivity contribution is 0.103. The lowest BCUT2D eigenvalue weighted by atomic mass is 10.0. The zero-order chi connectivity index (χ0) is 15.0. The standard InChI is InChI=1S/C16H8BrClN2O/c17-14-6-10(18)2-3-11(14)16(21)13-8-20-15-4-1-9(7-19)5-12(13)15/h1-6,8,20H. The molecular weight excluding hydrogens is 352 g/mol. The first-order valence-corrected chi connectivity index (χ1v) is 7.28. The molecule has 0 amide bonds. The van der Waals surface area contributed by atoms with Gasteiger partial charge in [0.2, 0.25) is 0 Å². The van der Waals surface area contributed by atoms with Gasteiger partial charge in [-0.25, -0.2) is 0 Å². The Labute approximate surface area is 134 Å². The van der Waals surface area contributed by atoms with Gasteiger partial charge < -0.3 is 4.98 Å². The Kier molecular flexibility index (Phi) is 3.54. The summed E-state index contributed by atoms with van der Waals surface area (Å²) < 4.78 is 0.644. The molecule has 3 aromatic rings. The zero-order valence-corrected chi connectivity index (χ0v) is 13.0. The molecular formula is C16H8BrClN2O. The number of H-pyrrole nitrogens is 1. The number of fused-ring (bicyclic) bond motifs is 1. The largest absolute Gasteiger partial charge is 0.360 e. The second-order valence-corrected chi connectivity index (χ2v) is 5.82. The molecule has 0 spiro atoms. The van der Waals surface area contributed by atoms with Gasteiger partial charge in [0.1, 0.15) is 0 Å². The Hall–Kier alpha value is -2.09. The number of rotatable bonds is 2. The third-order valence-corrected chi connectivity index (χ3v) is 4.12. The quantitative estimate of drug-likeness (QED) is 0.675. The first-order valence-electron chi connectivity index (χ1n) is 6.11. The van der Waals surface area contributed by atoms with Gasteiger partial charge >= 0.3 is 0 Å². The van der Waals surface area contributed by atoms with Gasteiger partial charge in [0.15, 0.2) is 5.78 Å². The molecule has 3 rings (SSSR count). The molecule has 0 atom stereocenters. The Morgan fingerprint density at radius 2 is 2.00 bits per heavy atom. The van der Waals surface area contributed by atoms with E-state index < -0.39 is 0 Å². The fourth-order valence-electron chi connectivity index (χ4n) is 2.20. The third-order valence-electron chi connectivity index (χ3n) is 3.23. The monoisotopic (exact) mass is 358 g/mol. The highest BCUT2D eigenvalue weighted by atomic mass is 79.9. The first kappa shape index (κ1) is 13.9. The van der Waals surface area contributed by atoms with E-state index in [0.29, 0.717) is 26.2 Å². The number of aromatic nitrogens is 1. The van der Waals surface area contributed by atoms with Crippen molar-refractivity contribution >= 4 is 44.2 Å². The summed E-state index contributed by atoms with van der Waals surface area (Å²) in [6.45, 7) is 0. The summed E-state index contributed by atoms with van der Waals surface area (Å²) in [5, 5.41) is 10.3. The predicted octanol–water partition coefficient (Wildman–Crippen LogP) is 4.69. The number of nitrogens with zero attached hydrogens (tertiary/aromatic N) is 1. The van der Waals surface area contributed by atoms with Crippen molar-refractivity contribution in [3.8, 4) is 6.07 Å². The summed E-state index contributed by atoms with van der Waals surface area (Å²) in [5.41, 5.74) is 2.40. The molecule has 0 aliphatic heterocycles. The highest BCUT2D eigenvalue weighted by molar-refractivity contribution is 9.10. The second-order valence-electron chi connectivity index (χ2n) is 4.53. The van der Waals surface area contributed by atoms with Crippen molar-refractivity contribution in [1.82, 2.24) is 4.98 Å². The van der Waals surface area contributed by atoms with Crippen LogP contribution in [-0.2, 0) is 0 Å². The molecule has 0 saturated heterocycles. The van der Waals surface area contributed by atoms with E-state index in [9.17, 15) is 4.79 Å². The average molecular weight is 360 g/mol. The summed E-state index contributed by atoms with van der Waals surface area (Å²) >= 11 is 9.26. The molecule has 0 unspecified atom stereocenters. The SMILES string of the molecule is N#Cc1ccc2[nH]cc(C(=O)c3ccc(Cl)cc3Br)c2c1. The van der Waals surface area contributed by atoms with E-state index in [1.165, 1.54) is 0 Å². The van der Waals surface area contributed by atoms with Crippen molar-refractivity contribution in [2.45, 2.75) is 0 Å². The molecule has 0 radical (unpaired) electrons. The summed E-state index contributed by atoms with van der Waals surface area (Å²) in [7, 11) is 0. The van der Waals surface area contributed by atoms with Crippen LogP contribution in [0.15, 0.2) is 47.1 Å². The van der Waals surface area contributed by atoms with E-state index in [0.717, 1.165) is 10.9 Å². The molecule has 1 heterocycles. The van der Waals surface area contributed by atoms with Crippen LogP contribution < -0.4 is 0 Å². The topological polar surface area (TPSA) is 56.6 Å². The Morgan fingerprint density at radius 3 is 2.71 bits per heavy atom. The smallest absolute Gasteiger partial charge is 0.196 e. The highest BCUT2D eigenvalue weighted by Gasteiger charge is 2.17. The lowest BCUT2D eigenvalue weighted by Gasteiger charge is -2.03. The maximum Gasteiger partial charge on any atom is 0.196 e. The van der Waals surface area contributed by atoms with Crippen molar-refractivity contribution in [2.24, 2.45) is 0 Å². The molecule has 1 N–H and O–H groups in total. The van der Waals surface area contributed by atoms with Gasteiger partial charge in [-0.1, -0.05) is 11.6 Å². The van der Waals surface area contributed by atoms with Gasteiger partial charge in [0.05, 0.1) is 11.6 Å². The Morgan fingerprint density at radius 1 is 1.19 bits per heavy atom. The highest BCUT2D eigenvalue weighted by Crippen LogP contribution is 2.27. The van der Waals surface area contributed by atoms with Gasteiger partial charge in [-0.15, -0.1) is 0 Å². The number of hydrogen-bond donors (Lipinski definition) is 1. The molecule has 3 nitrogen and oxygen atoms in total. The summed E-state index contributed by atoms with van der Waals surface area (Å²) in [6, 6.07) is 12.3. The fraction of sp³-hybridized carbons (Fsp3) is 0. The van der Waals surface area contributed by atoms with Crippen LogP contribution in [0.3, 0.4) is 0 Å². The van der Waals surface area contributed by atoms with Crippen LogP contribution in [0.25, 0.3) is 10.9 Å². The molecule has 0 saturated carbocycles. The molecule has 0 fully saturated rings. The minimum absolute atomic E-state index is 0.125. The molecule has 5 heteroatoms. The lowest BCUT2D eigenvalue weighted by Crippen LogP contribution is -2.01. The number of benzene rings is 2. The van der Waals surface area contributed by atoms with Gasteiger partial charge in [0, 0.05) is 37.7 Å². The van der Waals surface area contributed by atoms with E-state index in [4.69, 9.17) is 16.9 Å². The van der Waals surface area contributed by atoms with E-state index in [1.54, 1.807) is 42.6 Å². The van der Waals surface area contributed by atoms with Gasteiger partial charge in [0.25, 0.3) is 0 Å². The Balaban J connectivity index is 2.16. The van der Waals surface area contributed by atoms with E-state index >= 15 is 0 Å². The van der Waals surface area contributed by atoms with Gasteiger partial charge in [-0.05, 0) is 52.3 Å². The number of aromatic amines is 1. The first-order chi connectivity index (χ1) is 10.1. The number of nitrogens with one attached hydrogen (secondary N) is 1.